The largest absolute Gasteiger partial charge is 0.326 e. The minimum Gasteiger partial charge on any atom is -0.326 e. The van der Waals surface area contributed by atoms with E-state index in [1.807, 2.05) is 12.1 Å². The Labute approximate surface area is 121 Å². The molecule has 2 heteroatoms. The van der Waals surface area contributed by atoms with E-state index in [0.717, 1.165) is 24.9 Å². The molecular formula is C18H23NO. The smallest absolute Gasteiger partial charge is 0.224 e. The Morgan fingerprint density at radius 1 is 1.15 bits per heavy atom. The van der Waals surface area contributed by atoms with Crippen LogP contribution in [0, 0.1) is 0 Å². The molecule has 0 fully saturated rings. The van der Waals surface area contributed by atoms with Crippen molar-refractivity contribution in [2.24, 2.45) is 0 Å². The monoisotopic (exact) mass is 269 g/mol. The molecule has 1 amide bonds. The molecule has 2 nitrogen and oxygen atoms in total. The van der Waals surface area contributed by atoms with Crippen molar-refractivity contribution < 1.29 is 4.79 Å². The van der Waals surface area contributed by atoms with E-state index < -0.39 is 0 Å². The second-order valence-electron chi connectivity index (χ2n) is 5.26. The van der Waals surface area contributed by atoms with Crippen LogP contribution in [-0.4, -0.2) is 5.91 Å². The second kappa shape index (κ2) is 7.68. The van der Waals surface area contributed by atoms with Crippen LogP contribution in [0.2, 0.25) is 0 Å². The molecule has 0 aromatic heterocycles. The highest BCUT2D eigenvalue weighted by Gasteiger charge is 2.05. The van der Waals surface area contributed by atoms with Crippen molar-refractivity contribution in [3.05, 3.63) is 48.1 Å². The van der Waals surface area contributed by atoms with Gasteiger partial charge in [-0.25, -0.2) is 0 Å². The van der Waals surface area contributed by atoms with Gasteiger partial charge in [-0.2, -0.15) is 0 Å². The van der Waals surface area contributed by atoms with E-state index in [9.17, 15) is 4.79 Å². The summed E-state index contributed by atoms with van der Waals surface area (Å²) in [5.74, 6) is 0.121. The molecule has 1 aromatic carbocycles. The Hall–Kier alpha value is -1.83. The van der Waals surface area contributed by atoms with Crippen molar-refractivity contribution in [1.82, 2.24) is 0 Å². The number of nitrogens with one attached hydrogen (secondary N) is 1. The molecule has 1 aliphatic rings. The van der Waals surface area contributed by atoms with E-state index in [1.54, 1.807) is 0 Å². The first-order chi connectivity index (χ1) is 9.79. The fourth-order valence-electron chi connectivity index (χ4n) is 2.36. The van der Waals surface area contributed by atoms with Gasteiger partial charge >= 0.3 is 0 Å². The third kappa shape index (κ3) is 4.37. The zero-order chi connectivity index (χ0) is 14.2. The average molecular weight is 269 g/mol. The number of benzene rings is 1. The Morgan fingerprint density at radius 2 is 1.95 bits per heavy atom. The first kappa shape index (κ1) is 14.6. The molecule has 0 aliphatic heterocycles. The van der Waals surface area contributed by atoms with Crippen molar-refractivity contribution in [2.45, 2.75) is 45.4 Å². The van der Waals surface area contributed by atoms with Crippen LogP contribution in [-0.2, 0) is 4.79 Å². The zero-order valence-electron chi connectivity index (χ0n) is 12.2. The van der Waals surface area contributed by atoms with Gasteiger partial charge in [-0.05, 0) is 36.1 Å². The highest BCUT2D eigenvalue weighted by atomic mass is 16.1. The number of amides is 1. The number of unbranched alkanes of at least 4 members (excludes halogenated alkanes) is 3. The third-order valence-electron chi connectivity index (χ3n) is 3.57. The summed E-state index contributed by atoms with van der Waals surface area (Å²) in [6.45, 7) is 2.18. The number of allylic oxidation sites excluding steroid dienone is 4. The summed E-state index contributed by atoms with van der Waals surface area (Å²) in [6, 6.07) is 8.12. The molecular weight excluding hydrogens is 246 g/mol. The predicted molar refractivity (Wildman–Crippen MR) is 85.6 cm³/mol. The van der Waals surface area contributed by atoms with Gasteiger partial charge < -0.3 is 5.32 Å². The van der Waals surface area contributed by atoms with Gasteiger partial charge in [0.15, 0.2) is 0 Å². The molecule has 1 aromatic rings. The van der Waals surface area contributed by atoms with E-state index in [2.05, 4.69) is 42.6 Å². The predicted octanol–water partition coefficient (Wildman–Crippen LogP) is 4.94. The number of carbonyl (C=O) groups is 1. The van der Waals surface area contributed by atoms with Gasteiger partial charge in [0.25, 0.3) is 0 Å². The molecule has 0 saturated heterocycles. The second-order valence-corrected chi connectivity index (χ2v) is 5.26. The summed E-state index contributed by atoms with van der Waals surface area (Å²) in [7, 11) is 0. The zero-order valence-corrected chi connectivity index (χ0v) is 12.2. The van der Waals surface area contributed by atoms with Crippen LogP contribution in [0.1, 0.15) is 51.0 Å². The Morgan fingerprint density at radius 3 is 2.60 bits per heavy atom. The van der Waals surface area contributed by atoms with Gasteiger partial charge in [-0.1, -0.05) is 56.5 Å². The van der Waals surface area contributed by atoms with Crippen LogP contribution in [0.25, 0.3) is 5.57 Å². The van der Waals surface area contributed by atoms with Gasteiger partial charge in [-0.15, -0.1) is 0 Å². The fourth-order valence-corrected chi connectivity index (χ4v) is 2.36. The maximum absolute atomic E-state index is 11.8. The summed E-state index contributed by atoms with van der Waals surface area (Å²) in [4.78, 5) is 11.8. The van der Waals surface area contributed by atoms with E-state index in [4.69, 9.17) is 0 Å². The van der Waals surface area contributed by atoms with Crippen LogP contribution in [0.5, 0.6) is 0 Å². The molecule has 0 unspecified atom stereocenters. The van der Waals surface area contributed by atoms with Gasteiger partial charge in [0.1, 0.15) is 0 Å². The molecule has 106 valence electrons. The quantitative estimate of drug-likeness (QED) is 0.698. The maximum atomic E-state index is 11.8. The SMILES string of the molecule is CCCCCCC(=O)Nc1ccc(C2=CC=CC2)cc1. The van der Waals surface area contributed by atoms with Gasteiger partial charge in [0.05, 0.1) is 0 Å². The lowest BCUT2D eigenvalue weighted by Gasteiger charge is -2.07. The van der Waals surface area contributed by atoms with E-state index in [1.165, 1.54) is 24.0 Å². The van der Waals surface area contributed by atoms with Crippen LogP contribution in [0.4, 0.5) is 5.69 Å². The Balaban J connectivity index is 1.80. The topological polar surface area (TPSA) is 29.1 Å². The first-order valence-corrected chi connectivity index (χ1v) is 7.55. The molecule has 20 heavy (non-hydrogen) atoms. The molecule has 1 N–H and O–H groups in total. The lowest BCUT2D eigenvalue weighted by atomic mass is 10.1. The van der Waals surface area contributed by atoms with Crippen molar-refractivity contribution in [2.75, 3.05) is 5.32 Å². The molecule has 2 rings (SSSR count). The molecule has 0 heterocycles. The summed E-state index contributed by atoms with van der Waals surface area (Å²) < 4.78 is 0. The van der Waals surface area contributed by atoms with E-state index in [0.29, 0.717) is 6.42 Å². The number of anilines is 1. The van der Waals surface area contributed by atoms with Gasteiger partial charge in [-0.3, -0.25) is 4.79 Å². The van der Waals surface area contributed by atoms with Crippen LogP contribution in [0.3, 0.4) is 0 Å². The van der Waals surface area contributed by atoms with Gasteiger partial charge in [0.2, 0.25) is 5.91 Å². The lowest BCUT2D eigenvalue weighted by molar-refractivity contribution is -0.116. The molecule has 0 spiro atoms. The standard InChI is InChI=1S/C18H23NO/c1-2-3-4-5-10-18(20)19-17-13-11-16(12-14-17)15-8-6-7-9-15/h6-8,11-14H,2-5,9-10H2,1H3,(H,19,20). The number of rotatable bonds is 7. The molecule has 0 bridgehead atoms. The highest BCUT2D eigenvalue weighted by Crippen LogP contribution is 2.24. The van der Waals surface area contributed by atoms with Crippen molar-refractivity contribution in [3.63, 3.8) is 0 Å². The Bertz CT molecular complexity index is 497. The first-order valence-electron chi connectivity index (χ1n) is 7.55. The van der Waals surface area contributed by atoms with Crippen LogP contribution >= 0.6 is 0 Å². The number of carbonyl (C=O) groups excluding carboxylic acids is 1. The van der Waals surface area contributed by atoms with Crippen LogP contribution in [0.15, 0.2) is 42.5 Å². The minimum atomic E-state index is 0.121. The maximum Gasteiger partial charge on any atom is 0.224 e. The van der Waals surface area contributed by atoms with E-state index >= 15 is 0 Å². The van der Waals surface area contributed by atoms with Crippen molar-refractivity contribution in [3.8, 4) is 0 Å². The normalized spacial score (nSPS) is 13.3. The molecule has 0 atom stereocenters. The van der Waals surface area contributed by atoms with E-state index in [-0.39, 0.29) is 5.91 Å². The highest BCUT2D eigenvalue weighted by molar-refractivity contribution is 5.90. The molecule has 1 aliphatic carbocycles. The Kier molecular flexibility index (Phi) is 5.60. The summed E-state index contributed by atoms with van der Waals surface area (Å²) >= 11 is 0. The third-order valence-corrected chi connectivity index (χ3v) is 3.57. The van der Waals surface area contributed by atoms with Crippen molar-refractivity contribution in [1.29, 1.82) is 0 Å². The molecule has 0 radical (unpaired) electrons. The minimum absolute atomic E-state index is 0.121. The van der Waals surface area contributed by atoms with Crippen LogP contribution < -0.4 is 5.32 Å². The van der Waals surface area contributed by atoms with Crippen molar-refractivity contribution >= 4 is 17.2 Å². The lowest BCUT2D eigenvalue weighted by Crippen LogP contribution is -2.10. The fraction of sp³-hybridized carbons (Fsp3) is 0.389. The average Bonchev–Trinajstić information content (AvgIpc) is 2.99. The number of hydrogen-bond donors (Lipinski definition) is 1. The summed E-state index contributed by atoms with van der Waals surface area (Å²) in [5.41, 5.74) is 3.46. The number of hydrogen-bond acceptors (Lipinski definition) is 1. The summed E-state index contributed by atoms with van der Waals surface area (Å²) in [5, 5.41) is 2.96. The molecule has 0 saturated carbocycles. The van der Waals surface area contributed by atoms with Gasteiger partial charge in [0, 0.05) is 12.1 Å². The summed E-state index contributed by atoms with van der Waals surface area (Å²) in [6.07, 6.45) is 12.5.